The van der Waals surface area contributed by atoms with Crippen LogP contribution in [0.15, 0.2) is 22.7 Å². The summed E-state index contributed by atoms with van der Waals surface area (Å²) in [5, 5.41) is 5.15. The first kappa shape index (κ1) is 24.7. The lowest BCUT2D eigenvalue weighted by molar-refractivity contribution is -0.145. The molecule has 0 spiro atoms. The van der Waals surface area contributed by atoms with Gasteiger partial charge in [0.25, 0.3) is 0 Å². The third-order valence-electron chi connectivity index (χ3n) is 6.52. The highest BCUT2D eigenvalue weighted by Gasteiger charge is 2.26. The summed E-state index contributed by atoms with van der Waals surface area (Å²) in [6, 6.07) is 4.64. The van der Waals surface area contributed by atoms with Crippen molar-refractivity contribution in [2.75, 3.05) is 26.2 Å². The standard InChI is InChI=1S/C26H39FN2O3/c1-3-4-5-6-7-8-9-10-25(30)31-19-20(2)18-29-15-13-21(14-16-29)26-23-12-11-22(27)17-24(23)32-28-26/h11-12,17,20-21H,3-10,13-16,18-19H2,1-2H3. The minimum absolute atomic E-state index is 0.0570. The Morgan fingerprint density at radius 2 is 1.91 bits per heavy atom. The fourth-order valence-electron chi connectivity index (χ4n) is 4.64. The second-order valence-corrected chi connectivity index (χ2v) is 9.44. The average Bonchev–Trinajstić information content (AvgIpc) is 3.20. The highest BCUT2D eigenvalue weighted by molar-refractivity contribution is 5.79. The molecule has 1 aliphatic heterocycles. The predicted octanol–water partition coefficient (Wildman–Crippen LogP) is 6.47. The predicted molar refractivity (Wildman–Crippen MR) is 125 cm³/mol. The largest absolute Gasteiger partial charge is 0.465 e. The number of carbonyl (C=O) groups is 1. The molecule has 1 unspecified atom stereocenters. The van der Waals surface area contributed by atoms with Crippen LogP contribution in [0.1, 0.15) is 89.7 Å². The summed E-state index contributed by atoms with van der Waals surface area (Å²) < 4.78 is 24.2. The fourth-order valence-corrected chi connectivity index (χ4v) is 4.64. The molecule has 0 saturated carbocycles. The van der Waals surface area contributed by atoms with Crippen molar-refractivity contribution in [2.24, 2.45) is 5.92 Å². The van der Waals surface area contributed by atoms with Gasteiger partial charge in [-0.25, -0.2) is 4.39 Å². The fraction of sp³-hybridized carbons (Fsp3) is 0.692. The molecule has 2 heterocycles. The first-order valence-electron chi connectivity index (χ1n) is 12.5. The van der Waals surface area contributed by atoms with Gasteiger partial charge in [0.05, 0.1) is 12.3 Å². The molecular formula is C26H39FN2O3. The minimum Gasteiger partial charge on any atom is -0.465 e. The van der Waals surface area contributed by atoms with E-state index in [1.807, 2.05) is 0 Å². The van der Waals surface area contributed by atoms with E-state index in [0.29, 0.717) is 30.4 Å². The molecule has 0 amide bonds. The number of halogens is 1. The number of unbranched alkanes of at least 4 members (excludes halogenated alkanes) is 6. The molecule has 32 heavy (non-hydrogen) atoms. The van der Waals surface area contributed by atoms with Crippen LogP contribution in [-0.2, 0) is 9.53 Å². The highest BCUT2D eigenvalue weighted by atomic mass is 19.1. The van der Waals surface area contributed by atoms with Crippen molar-refractivity contribution in [2.45, 2.75) is 84.0 Å². The molecule has 3 rings (SSSR count). The third kappa shape index (κ3) is 7.58. The van der Waals surface area contributed by atoms with Crippen LogP contribution in [0.4, 0.5) is 4.39 Å². The zero-order chi connectivity index (χ0) is 22.8. The summed E-state index contributed by atoms with van der Waals surface area (Å²) in [7, 11) is 0. The van der Waals surface area contributed by atoms with Crippen molar-refractivity contribution in [3.8, 4) is 0 Å². The average molecular weight is 447 g/mol. The number of ether oxygens (including phenoxy) is 1. The normalized spacial score (nSPS) is 16.5. The monoisotopic (exact) mass is 446 g/mol. The molecule has 0 bridgehead atoms. The Balaban J connectivity index is 1.30. The highest BCUT2D eigenvalue weighted by Crippen LogP contribution is 2.32. The molecule has 178 valence electrons. The molecule has 0 N–H and O–H groups in total. The summed E-state index contributed by atoms with van der Waals surface area (Å²) in [5.41, 5.74) is 1.47. The van der Waals surface area contributed by atoms with E-state index in [2.05, 4.69) is 23.9 Å². The van der Waals surface area contributed by atoms with Gasteiger partial charge in [0.15, 0.2) is 5.58 Å². The van der Waals surface area contributed by atoms with Gasteiger partial charge in [0.2, 0.25) is 0 Å². The minimum atomic E-state index is -0.299. The van der Waals surface area contributed by atoms with Crippen molar-refractivity contribution < 1.29 is 18.4 Å². The van der Waals surface area contributed by atoms with E-state index in [1.54, 1.807) is 6.07 Å². The summed E-state index contributed by atoms with van der Waals surface area (Å²) in [6.07, 6.45) is 11.0. The Morgan fingerprint density at radius 1 is 1.19 bits per heavy atom. The molecule has 1 aromatic carbocycles. The van der Waals surface area contributed by atoms with E-state index in [1.165, 1.54) is 44.2 Å². The Morgan fingerprint density at radius 3 is 2.66 bits per heavy atom. The number of aromatic nitrogens is 1. The molecular weight excluding hydrogens is 407 g/mol. The Kier molecular flexibility index (Phi) is 9.97. The van der Waals surface area contributed by atoms with Gasteiger partial charge in [-0.15, -0.1) is 0 Å². The number of rotatable bonds is 13. The Labute approximate surface area is 191 Å². The van der Waals surface area contributed by atoms with E-state index in [9.17, 15) is 9.18 Å². The van der Waals surface area contributed by atoms with Crippen molar-refractivity contribution >= 4 is 16.9 Å². The molecule has 1 fully saturated rings. The number of hydrogen-bond donors (Lipinski definition) is 0. The first-order chi connectivity index (χ1) is 15.6. The number of esters is 1. The van der Waals surface area contributed by atoms with Crippen LogP contribution in [0.3, 0.4) is 0 Å². The molecule has 1 saturated heterocycles. The lowest BCUT2D eigenvalue weighted by Crippen LogP contribution is -2.37. The van der Waals surface area contributed by atoms with E-state index in [4.69, 9.17) is 9.26 Å². The number of benzene rings is 1. The second-order valence-electron chi connectivity index (χ2n) is 9.44. The molecule has 0 radical (unpaired) electrons. The van der Waals surface area contributed by atoms with Crippen LogP contribution in [0.25, 0.3) is 11.0 Å². The Hall–Kier alpha value is -1.95. The van der Waals surface area contributed by atoms with Crippen LogP contribution >= 0.6 is 0 Å². The van der Waals surface area contributed by atoms with E-state index < -0.39 is 0 Å². The van der Waals surface area contributed by atoms with Crippen molar-refractivity contribution in [1.29, 1.82) is 0 Å². The quantitative estimate of drug-likeness (QED) is 0.261. The Bertz CT molecular complexity index is 830. The molecule has 1 atom stereocenters. The maximum absolute atomic E-state index is 13.4. The number of carbonyl (C=O) groups excluding carboxylic acids is 1. The van der Waals surface area contributed by atoms with Gasteiger partial charge in [-0.2, -0.15) is 0 Å². The van der Waals surface area contributed by atoms with Gasteiger partial charge in [-0.1, -0.05) is 57.5 Å². The van der Waals surface area contributed by atoms with Crippen LogP contribution in [-0.4, -0.2) is 42.3 Å². The molecule has 6 heteroatoms. The van der Waals surface area contributed by atoms with Crippen molar-refractivity contribution in [3.63, 3.8) is 0 Å². The SMILES string of the molecule is CCCCCCCCCC(=O)OCC(C)CN1CCC(c2noc3cc(F)ccc23)CC1. The first-order valence-corrected chi connectivity index (χ1v) is 12.5. The number of fused-ring (bicyclic) bond motifs is 1. The van der Waals surface area contributed by atoms with Gasteiger partial charge in [-0.3, -0.25) is 4.79 Å². The number of nitrogens with zero attached hydrogens (tertiary/aromatic N) is 2. The number of piperidine rings is 1. The van der Waals surface area contributed by atoms with Gasteiger partial charge >= 0.3 is 5.97 Å². The van der Waals surface area contributed by atoms with Gasteiger partial charge < -0.3 is 14.2 Å². The summed E-state index contributed by atoms with van der Waals surface area (Å²) in [5.74, 6) is 0.305. The number of hydrogen-bond acceptors (Lipinski definition) is 5. The van der Waals surface area contributed by atoms with E-state index >= 15 is 0 Å². The van der Waals surface area contributed by atoms with Crippen molar-refractivity contribution in [1.82, 2.24) is 10.1 Å². The molecule has 0 aliphatic carbocycles. The van der Waals surface area contributed by atoms with E-state index in [0.717, 1.165) is 56.4 Å². The maximum Gasteiger partial charge on any atom is 0.305 e. The maximum atomic E-state index is 13.4. The van der Waals surface area contributed by atoms with Crippen LogP contribution in [0.5, 0.6) is 0 Å². The van der Waals surface area contributed by atoms with E-state index in [-0.39, 0.29) is 11.8 Å². The topological polar surface area (TPSA) is 55.6 Å². The smallest absolute Gasteiger partial charge is 0.305 e. The van der Waals surface area contributed by atoms with Gasteiger partial charge in [-0.05, 0) is 44.5 Å². The molecule has 5 nitrogen and oxygen atoms in total. The molecule has 1 aromatic heterocycles. The lowest BCUT2D eigenvalue weighted by Gasteiger charge is -2.32. The molecule has 1 aliphatic rings. The van der Waals surface area contributed by atoms with Gasteiger partial charge in [0, 0.05) is 36.3 Å². The third-order valence-corrected chi connectivity index (χ3v) is 6.52. The zero-order valence-corrected chi connectivity index (χ0v) is 19.8. The second kappa shape index (κ2) is 12.9. The summed E-state index contributed by atoms with van der Waals surface area (Å²) in [4.78, 5) is 14.4. The number of likely N-dealkylation sites (tertiary alicyclic amines) is 1. The van der Waals surface area contributed by atoms with Crippen LogP contribution in [0, 0.1) is 11.7 Å². The summed E-state index contributed by atoms with van der Waals surface area (Å²) in [6.45, 7) is 7.76. The molecule has 2 aromatic rings. The summed E-state index contributed by atoms with van der Waals surface area (Å²) >= 11 is 0. The van der Waals surface area contributed by atoms with Crippen LogP contribution in [0.2, 0.25) is 0 Å². The zero-order valence-electron chi connectivity index (χ0n) is 19.8. The lowest BCUT2D eigenvalue weighted by atomic mass is 9.91. The van der Waals surface area contributed by atoms with Crippen molar-refractivity contribution in [3.05, 3.63) is 29.7 Å². The van der Waals surface area contributed by atoms with Crippen LogP contribution < -0.4 is 0 Å². The van der Waals surface area contributed by atoms with Gasteiger partial charge in [0.1, 0.15) is 5.82 Å².